The van der Waals surface area contributed by atoms with E-state index in [0.717, 1.165) is 16.9 Å². The van der Waals surface area contributed by atoms with Gasteiger partial charge in [0.1, 0.15) is 12.2 Å². The van der Waals surface area contributed by atoms with E-state index in [0.29, 0.717) is 19.2 Å². The Bertz CT molecular complexity index is 842. The molecule has 0 unspecified atom stereocenters. The van der Waals surface area contributed by atoms with Gasteiger partial charge in [-0.3, -0.25) is 4.79 Å². The quantitative estimate of drug-likeness (QED) is 0.804. The zero-order valence-electron chi connectivity index (χ0n) is 16.3. The van der Waals surface area contributed by atoms with Gasteiger partial charge in [-0.1, -0.05) is 12.1 Å². The largest absolute Gasteiger partial charge is 0.378 e. The number of benzene rings is 1. The number of rotatable bonds is 5. The SMILES string of the molecule is CC(=O)N[C@H]1CO[C@H]2[C@@H]1OC[C@@H]2Nc1nccc(-c2ccc(N(C)C)cc2)n1. The standard InChI is InChI=1S/C20H25N5O3/c1-12(26)22-16-10-27-19-17(11-28-18(16)19)24-20-21-9-8-15(23-20)13-4-6-14(7-5-13)25(2)3/h4-9,16-19H,10-11H2,1-3H3,(H,22,26)(H,21,23,24)/t16-,17-,18+,19+/m0/s1. The zero-order chi connectivity index (χ0) is 19.7. The predicted octanol–water partition coefficient (Wildman–Crippen LogP) is 1.29. The molecule has 0 saturated carbocycles. The highest BCUT2D eigenvalue weighted by atomic mass is 16.6. The minimum absolute atomic E-state index is 0.0601. The number of anilines is 2. The van der Waals surface area contributed by atoms with E-state index in [4.69, 9.17) is 9.47 Å². The summed E-state index contributed by atoms with van der Waals surface area (Å²) < 4.78 is 11.7. The van der Waals surface area contributed by atoms with Crippen LogP contribution in [-0.2, 0) is 14.3 Å². The molecule has 2 aliphatic rings. The summed E-state index contributed by atoms with van der Waals surface area (Å²) in [4.78, 5) is 22.4. The van der Waals surface area contributed by atoms with Gasteiger partial charge in [-0.15, -0.1) is 0 Å². The molecule has 0 aliphatic carbocycles. The van der Waals surface area contributed by atoms with E-state index in [1.165, 1.54) is 6.92 Å². The molecule has 4 atom stereocenters. The van der Waals surface area contributed by atoms with E-state index >= 15 is 0 Å². The number of fused-ring (bicyclic) bond motifs is 1. The van der Waals surface area contributed by atoms with Crippen LogP contribution in [0.3, 0.4) is 0 Å². The van der Waals surface area contributed by atoms with Gasteiger partial charge in [0.15, 0.2) is 0 Å². The van der Waals surface area contributed by atoms with Gasteiger partial charge >= 0.3 is 0 Å². The fraction of sp³-hybridized carbons (Fsp3) is 0.450. The normalized spacial score (nSPS) is 26.0. The van der Waals surface area contributed by atoms with Crippen LogP contribution in [0, 0.1) is 0 Å². The Morgan fingerprint density at radius 2 is 1.75 bits per heavy atom. The molecule has 148 valence electrons. The summed E-state index contributed by atoms with van der Waals surface area (Å²) in [7, 11) is 4.03. The van der Waals surface area contributed by atoms with E-state index in [2.05, 4.69) is 37.6 Å². The average Bonchev–Trinajstić information content (AvgIpc) is 3.25. The molecule has 8 nitrogen and oxygen atoms in total. The van der Waals surface area contributed by atoms with Crippen molar-refractivity contribution in [1.29, 1.82) is 0 Å². The smallest absolute Gasteiger partial charge is 0.223 e. The van der Waals surface area contributed by atoms with Crippen LogP contribution < -0.4 is 15.5 Å². The lowest BCUT2D eigenvalue weighted by molar-refractivity contribution is -0.120. The fourth-order valence-corrected chi connectivity index (χ4v) is 3.69. The number of nitrogens with zero attached hydrogens (tertiary/aromatic N) is 3. The van der Waals surface area contributed by atoms with Crippen molar-refractivity contribution in [3.8, 4) is 11.3 Å². The Kier molecular flexibility index (Phi) is 5.15. The Balaban J connectivity index is 1.45. The number of hydrogen-bond acceptors (Lipinski definition) is 7. The number of carbonyl (C=O) groups is 1. The fourth-order valence-electron chi connectivity index (χ4n) is 3.69. The maximum Gasteiger partial charge on any atom is 0.223 e. The minimum Gasteiger partial charge on any atom is -0.378 e. The lowest BCUT2D eigenvalue weighted by Gasteiger charge is -2.18. The molecule has 3 heterocycles. The van der Waals surface area contributed by atoms with Crippen LogP contribution in [0.5, 0.6) is 0 Å². The highest BCUT2D eigenvalue weighted by Crippen LogP contribution is 2.29. The van der Waals surface area contributed by atoms with Crippen LogP contribution in [0.4, 0.5) is 11.6 Å². The number of ether oxygens (including phenoxy) is 2. The summed E-state index contributed by atoms with van der Waals surface area (Å²) in [6, 6.07) is 9.95. The van der Waals surface area contributed by atoms with Crippen molar-refractivity contribution in [3.63, 3.8) is 0 Å². The maximum atomic E-state index is 11.3. The van der Waals surface area contributed by atoms with E-state index in [-0.39, 0.29) is 30.2 Å². The third-order valence-corrected chi connectivity index (χ3v) is 5.09. The van der Waals surface area contributed by atoms with Crippen molar-refractivity contribution in [2.24, 2.45) is 0 Å². The molecule has 28 heavy (non-hydrogen) atoms. The third kappa shape index (κ3) is 3.79. The van der Waals surface area contributed by atoms with Crippen molar-refractivity contribution < 1.29 is 14.3 Å². The second-order valence-corrected chi connectivity index (χ2v) is 7.36. The molecule has 8 heteroatoms. The third-order valence-electron chi connectivity index (χ3n) is 5.09. The molecule has 2 fully saturated rings. The summed E-state index contributed by atoms with van der Waals surface area (Å²) in [6.45, 7) is 2.44. The molecular weight excluding hydrogens is 358 g/mol. The van der Waals surface area contributed by atoms with Crippen molar-refractivity contribution in [2.45, 2.75) is 31.2 Å². The number of hydrogen-bond donors (Lipinski definition) is 2. The second kappa shape index (κ2) is 7.73. The lowest BCUT2D eigenvalue weighted by atomic mass is 10.1. The van der Waals surface area contributed by atoms with Crippen LogP contribution >= 0.6 is 0 Å². The Morgan fingerprint density at radius 3 is 2.43 bits per heavy atom. The van der Waals surface area contributed by atoms with Crippen LogP contribution in [-0.4, -0.2) is 67.5 Å². The number of aromatic nitrogens is 2. The molecule has 2 N–H and O–H groups in total. The maximum absolute atomic E-state index is 11.3. The van der Waals surface area contributed by atoms with E-state index in [9.17, 15) is 4.79 Å². The van der Waals surface area contributed by atoms with Gasteiger partial charge in [0, 0.05) is 38.5 Å². The molecule has 0 bridgehead atoms. The molecule has 0 radical (unpaired) electrons. The monoisotopic (exact) mass is 383 g/mol. The van der Waals surface area contributed by atoms with Crippen LogP contribution in [0.15, 0.2) is 36.5 Å². The minimum atomic E-state index is -0.150. The van der Waals surface area contributed by atoms with Gasteiger partial charge in [-0.2, -0.15) is 0 Å². The molecule has 2 aromatic rings. The first-order valence-corrected chi connectivity index (χ1v) is 9.39. The summed E-state index contributed by atoms with van der Waals surface area (Å²) in [5, 5.41) is 6.22. The van der Waals surface area contributed by atoms with Gasteiger partial charge in [0.2, 0.25) is 11.9 Å². The highest BCUT2D eigenvalue weighted by molar-refractivity contribution is 5.73. The van der Waals surface area contributed by atoms with E-state index in [1.54, 1.807) is 6.20 Å². The summed E-state index contributed by atoms with van der Waals surface area (Å²) in [6.07, 6.45) is 1.46. The summed E-state index contributed by atoms with van der Waals surface area (Å²) >= 11 is 0. The topological polar surface area (TPSA) is 88.6 Å². The van der Waals surface area contributed by atoms with Crippen LogP contribution in [0.2, 0.25) is 0 Å². The van der Waals surface area contributed by atoms with Crippen LogP contribution in [0.25, 0.3) is 11.3 Å². The molecule has 4 rings (SSSR count). The first kappa shape index (κ1) is 18.6. The number of amides is 1. The highest BCUT2D eigenvalue weighted by Gasteiger charge is 2.48. The van der Waals surface area contributed by atoms with Gasteiger partial charge in [0.25, 0.3) is 0 Å². The Hall–Kier alpha value is -2.71. The lowest BCUT2D eigenvalue weighted by Crippen LogP contribution is -2.44. The Morgan fingerprint density at radius 1 is 1.07 bits per heavy atom. The molecule has 1 amide bonds. The average molecular weight is 383 g/mol. The molecular formula is C20H25N5O3. The molecule has 2 aliphatic heterocycles. The molecule has 0 spiro atoms. The van der Waals surface area contributed by atoms with Crippen molar-refractivity contribution in [2.75, 3.05) is 37.5 Å². The number of nitrogens with one attached hydrogen (secondary N) is 2. The van der Waals surface area contributed by atoms with Crippen molar-refractivity contribution >= 4 is 17.5 Å². The first-order chi connectivity index (χ1) is 13.5. The van der Waals surface area contributed by atoms with Gasteiger partial charge < -0.3 is 25.0 Å². The predicted molar refractivity (Wildman–Crippen MR) is 106 cm³/mol. The van der Waals surface area contributed by atoms with Gasteiger partial charge in [-0.05, 0) is 18.2 Å². The first-order valence-electron chi connectivity index (χ1n) is 9.39. The molecule has 1 aromatic heterocycles. The Labute approximate surface area is 164 Å². The second-order valence-electron chi connectivity index (χ2n) is 7.36. The summed E-state index contributed by atoms with van der Waals surface area (Å²) in [5.41, 5.74) is 3.01. The van der Waals surface area contributed by atoms with Gasteiger partial charge in [0.05, 0.1) is 31.0 Å². The molecule has 1 aromatic carbocycles. The zero-order valence-corrected chi connectivity index (χ0v) is 16.3. The van der Waals surface area contributed by atoms with Crippen molar-refractivity contribution in [3.05, 3.63) is 36.5 Å². The summed E-state index contributed by atoms with van der Waals surface area (Å²) in [5.74, 6) is 0.459. The van der Waals surface area contributed by atoms with Crippen LogP contribution in [0.1, 0.15) is 6.92 Å². The van der Waals surface area contributed by atoms with Gasteiger partial charge in [-0.25, -0.2) is 9.97 Å². The van der Waals surface area contributed by atoms with E-state index < -0.39 is 0 Å². The van der Waals surface area contributed by atoms with Crippen molar-refractivity contribution in [1.82, 2.24) is 15.3 Å². The molecule has 2 saturated heterocycles. The number of carbonyl (C=O) groups excluding carboxylic acids is 1. The van der Waals surface area contributed by atoms with E-state index in [1.807, 2.05) is 32.3 Å².